The van der Waals surface area contributed by atoms with Gasteiger partial charge in [0.25, 0.3) is 5.91 Å². The zero-order chi connectivity index (χ0) is 22.0. The SMILES string of the molecule is Cc1cc(C(=O)N2CCCCC2C)ccc1NC(=O)C1CC(c2cccc(Cl)c2)NN1. The predicted octanol–water partition coefficient (Wildman–Crippen LogP) is 4.21. The number of nitrogens with zero attached hydrogens (tertiary/aromatic N) is 1. The second-order valence-corrected chi connectivity index (χ2v) is 8.98. The maximum Gasteiger partial charge on any atom is 0.254 e. The lowest BCUT2D eigenvalue weighted by Gasteiger charge is -2.33. The van der Waals surface area contributed by atoms with Crippen molar-refractivity contribution in [3.05, 3.63) is 64.2 Å². The maximum absolute atomic E-state index is 12.9. The summed E-state index contributed by atoms with van der Waals surface area (Å²) in [6.07, 6.45) is 3.91. The third kappa shape index (κ3) is 4.92. The summed E-state index contributed by atoms with van der Waals surface area (Å²) < 4.78 is 0. The lowest BCUT2D eigenvalue weighted by atomic mass is 10.0. The number of likely N-dealkylation sites (tertiary alicyclic amines) is 1. The Kier molecular flexibility index (Phi) is 6.60. The van der Waals surface area contributed by atoms with Gasteiger partial charge in [-0.1, -0.05) is 23.7 Å². The van der Waals surface area contributed by atoms with Gasteiger partial charge in [-0.05, 0) is 81.0 Å². The van der Waals surface area contributed by atoms with E-state index >= 15 is 0 Å². The third-order valence-electron chi connectivity index (χ3n) is 6.27. The Labute approximate surface area is 188 Å². The second kappa shape index (κ2) is 9.39. The Morgan fingerprint density at radius 1 is 1.13 bits per heavy atom. The normalized spacial score (nSPS) is 23.6. The average molecular weight is 441 g/mol. The summed E-state index contributed by atoms with van der Waals surface area (Å²) in [5, 5.41) is 3.67. The van der Waals surface area contributed by atoms with Crippen LogP contribution in [0, 0.1) is 6.92 Å². The van der Waals surface area contributed by atoms with E-state index in [-0.39, 0.29) is 29.9 Å². The molecule has 2 aromatic rings. The highest BCUT2D eigenvalue weighted by atomic mass is 35.5. The van der Waals surface area contributed by atoms with Crippen molar-refractivity contribution in [2.75, 3.05) is 11.9 Å². The van der Waals surface area contributed by atoms with E-state index in [1.807, 2.05) is 48.2 Å². The summed E-state index contributed by atoms with van der Waals surface area (Å²) in [6.45, 7) is 4.84. The number of hydrazine groups is 1. The summed E-state index contributed by atoms with van der Waals surface area (Å²) in [4.78, 5) is 27.7. The Morgan fingerprint density at radius 3 is 2.71 bits per heavy atom. The number of hydrogen-bond acceptors (Lipinski definition) is 4. The van der Waals surface area contributed by atoms with Crippen LogP contribution in [-0.2, 0) is 4.79 Å². The molecule has 0 bridgehead atoms. The summed E-state index contributed by atoms with van der Waals surface area (Å²) in [5.74, 6) is -0.0388. The minimum Gasteiger partial charge on any atom is -0.336 e. The molecule has 3 atom stereocenters. The molecule has 0 spiro atoms. The fourth-order valence-electron chi connectivity index (χ4n) is 4.39. The van der Waals surface area contributed by atoms with Crippen LogP contribution in [0.1, 0.15) is 60.1 Å². The molecule has 2 aromatic carbocycles. The standard InChI is InChI=1S/C24H29ClN4O2/c1-15-12-18(24(31)29-11-4-3-6-16(29)2)9-10-20(15)26-23(30)22-14-21(27-28-22)17-7-5-8-19(25)13-17/h5,7-10,12-13,16,21-22,27-28H,3-4,6,11,14H2,1-2H3,(H,26,30). The van der Waals surface area contributed by atoms with Crippen LogP contribution in [-0.4, -0.2) is 35.3 Å². The largest absolute Gasteiger partial charge is 0.336 e. The predicted molar refractivity (Wildman–Crippen MR) is 123 cm³/mol. The number of amides is 2. The van der Waals surface area contributed by atoms with Gasteiger partial charge in [0.1, 0.15) is 6.04 Å². The van der Waals surface area contributed by atoms with Crippen molar-refractivity contribution in [3.8, 4) is 0 Å². The number of aryl methyl sites for hydroxylation is 1. The maximum atomic E-state index is 12.9. The number of carbonyl (C=O) groups excluding carboxylic acids is 2. The number of nitrogens with one attached hydrogen (secondary N) is 3. The minimum atomic E-state index is -0.362. The molecule has 2 amide bonds. The van der Waals surface area contributed by atoms with Gasteiger partial charge >= 0.3 is 0 Å². The number of rotatable bonds is 4. The highest BCUT2D eigenvalue weighted by Crippen LogP contribution is 2.26. The first-order chi connectivity index (χ1) is 14.9. The molecule has 164 valence electrons. The van der Waals surface area contributed by atoms with E-state index in [0.29, 0.717) is 17.0 Å². The van der Waals surface area contributed by atoms with Crippen molar-refractivity contribution >= 4 is 29.1 Å². The van der Waals surface area contributed by atoms with Crippen LogP contribution in [0.3, 0.4) is 0 Å². The minimum absolute atomic E-state index is 0.0158. The molecule has 0 saturated carbocycles. The zero-order valence-electron chi connectivity index (χ0n) is 18.0. The van der Waals surface area contributed by atoms with Gasteiger partial charge in [0, 0.05) is 34.9 Å². The van der Waals surface area contributed by atoms with E-state index in [9.17, 15) is 9.59 Å². The summed E-state index contributed by atoms with van der Waals surface area (Å²) >= 11 is 6.08. The molecule has 2 aliphatic heterocycles. The Morgan fingerprint density at radius 2 is 1.97 bits per heavy atom. The molecule has 2 heterocycles. The van der Waals surface area contributed by atoms with Gasteiger partial charge in [-0.15, -0.1) is 0 Å². The van der Waals surface area contributed by atoms with Crippen LogP contribution in [0.15, 0.2) is 42.5 Å². The topological polar surface area (TPSA) is 73.5 Å². The number of anilines is 1. The lowest BCUT2D eigenvalue weighted by Crippen LogP contribution is -2.42. The van der Waals surface area contributed by atoms with Crippen LogP contribution in [0.2, 0.25) is 5.02 Å². The van der Waals surface area contributed by atoms with Gasteiger partial charge < -0.3 is 10.2 Å². The van der Waals surface area contributed by atoms with Crippen molar-refractivity contribution < 1.29 is 9.59 Å². The second-order valence-electron chi connectivity index (χ2n) is 8.55. The molecule has 3 N–H and O–H groups in total. The molecule has 0 aliphatic carbocycles. The van der Waals surface area contributed by atoms with Crippen LogP contribution >= 0.6 is 11.6 Å². The van der Waals surface area contributed by atoms with Crippen molar-refractivity contribution in [2.45, 2.75) is 57.7 Å². The van der Waals surface area contributed by atoms with Gasteiger partial charge in [-0.2, -0.15) is 0 Å². The molecule has 3 unspecified atom stereocenters. The van der Waals surface area contributed by atoms with Gasteiger partial charge in [0.05, 0.1) is 0 Å². The monoisotopic (exact) mass is 440 g/mol. The number of halogens is 1. The molecule has 0 aromatic heterocycles. The van der Waals surface area contributed by atoms with E-state index < -0.39 is 0 Å². The molecule has 2 fully saturated rings. The molecule has 2 saturated heterocycles. The molecule has 7 heteroatoms. The van der Waals surface area contributed by atoms with E-state index in [1.54, 1.807) is 6.07 Å². The first-order valence-corrected chi connectivity index (χ1v) is 11.3. The molecule has 6 nitrogen and oxygen atoms in total. The molecule has 4 rings (SSSR count). The molecule has 0 radical (unpaired) electrons. The number of carbonyl (C=O) groups is 2. The van der Waals surface area contributed by atoms with Crippen molar-refractivity contribution in [2.24, 2.45) is 0 Å². The Hall–Kier alpha value is -2.41. The fourth-order valence-corrected chi connectivity index (χ4v) is 4.59. The fraction of sp³-hybridized carbons (Fsp3) is 0.417. The van der Waals surface area contributed by atoms with Crippen molar-refractivity contribution in [1.29, 1.82) is 0 Å². The van der Waals surface area contributed by atoms with Crippen LogP contribution in [0.5, 0.6) is 0 Å². The number of benzene rings is 2. The molecular weight excluding hydrogens is 412 g/mol. The lowest BCUT2D eigenvalue weighted by molar-refractivity contribution is -0.117. The van der Waals surface area contributed by atoms with Crippen LogP contribution in [0.25, 0.3) is 0 Å². The first-order valence-electron chi connectivity index (χ1n) is 10.9. The Balaban J connectivity index is 1.39. The number of piperidine rings is 1. The van der Waals surface area contributed by atoms with E-state index in [0.717, 1.165) is 36.2 Å². The summed E-state index contributed by atoms with van der Waals surface area (Å²) in [5.41, 5.74) is 9.57. The van der Waals surface area contributed by atoms with E-state index in [1.165, 1.54) is 6.42 Å². The molecular formula is C24H29ClN4O2. The summed E-state index contributed by atoms with van der Waals surface area (Å²) in [7, 11) is 0. The highest BCUT2D eigenvalue weighted by molar-refractivity contribution is 6.30. The van der Waals surface area contributed by atoms with Crippen LogP contribution < -0.4 is 16.2 Å². The highest BCUT2D eigenvalue weighted by Gasteiger charge is 2.30. The van der Waals surface area contributed by atoms with Crippen molar-refractivity contribution in [1.82, 2.24) is 15.8 Å². The van der Waals surface area contributed by atoms with Gasteiger partial charge in [-0.25, -0.2) is 10.9 Å². The van der Waals surface area contributed by atoms with E-state index in [4.69, 9.17) is 11.6 Å². The average Bonchev–Trinajstić information content (AvgIpc) is 3.25. The van der Waals surface area contributed by atoms with Crippen LogP contribution in [0.4, 0.5) is 5.69 Å². The van der Waals surface area contributed by atoms with Gasteiger partial charge in [0.15, 0.2) is 0 Å². The molecule has 31 heavy (non-hydrogen) atoms. The third-order valence-corrected chi connectivity index (χ3v) is 6.50. The first kappa shape index (κ1) is 21.8. The zero-order valence-corrected chi connectivity index (χ0v) is 18.7. The quantitative estimate of drug-likeness (QED) is 0.665. The summed E-state index contributed by atoms with van der Waals surface area (Å²) in [6, 6.07) is 13.1. The van der Waals surface area contributed by atoms with E-state index in [2.05, 4.69) is 23.1 Å². The smallest absolute Gasteiger partial charge is 0.254 e. The van der Waals surface area contributed by atoms with Gasteiger partial charge in [0.2, 0.25) is 5.91 Å². The number of hydrogen-bond donors (Lipinski definition) is 3. The Bertz CT molecular complexity index is 980. The van der Waals surface area contributed by atoms with Crippen molar-refractivity contribution in [3.63, 3.8) is 0 Å². The van der Waals surface area contributed by atoms with Gasteiger partial charge in [-0.3, -0.25) is 9.59 Å². The molecule has 2 aliphatic rings.